The molecule has 0 atom stereocenters. The van der Waals surface area contributed by atoms with Crippen molar-refractivity contribution >= 4 is 48.7 Å². The minimum Gasteiger partial charge on any atom is -0.497 e. The highest BCUT2D eigenvalue weighted by atomic mass is 79.9. The maximum Gasteiger partial charge on any atom is 0.306 e. The van der Waals surface area contributed by atoms with Crippen molar-refractivity contribution in [1.82, 2.24) is 9.97 Å². The number of ether oxygens (including phenoxy) is 2. The zero-order valence-corrected chi connectivity index (χ0v) is 17.6. The van der Waals surface area contributed by atoms with Gasteiger partial charge in [-0.1, -0.05) is 28.1 Å². The Kier molecular flexibility index (Phi) is 6.28. The van der Waals surface area contributed by atoms with Crippen LogP contribution in [0.4, 0.5) is 0 Å². The molecular weight excluding hydrogens is 480 g/mol. The Balaban J connectivity index is 1.62. The third kappa shape index (κ3) is 4.95. The lowest BCUT2D eigenvalue weighted by atomic mass is 10.1. The molecule has 140 valence electrons. The summed E-state index contributed by atoms with van der Waals surface area (Å²) < 4.78 is 11.8. The molecule has 0 aliphatic carbocycles. The normalized spacial score (nSPS) is 10.8. The molecule has 0 aliphatic rings. The van der Waals surface area contributed by atoms with E-state index in [1.807, 2.05) is 24.3 Å². The molecule has 1 aromatic heterocycles. The number of esters is 1. The summed E-state index contributed by atoms with van der Waals surface area (Å²) in [5.41, 5.74) is 1.25. The smallest absolute Gasteiger partial charge is 0.306 e. The van der Waals surface area contributed by atoms with Gasteiger partial charge in [0, 0.05) is 15.4 Å². The second kappa shape index (κ2) is 8.67. The van der Waals surface area contributed by atoms with Crippen LogP contribution in [0, 0.1) is 0 Å². The number of fused-ring (bicyclic) bond motifs is 1. The molecule has 0 spiro atoms. The van der Waals surface area contributed by atoms with E-state index in [-0.39, 0.29) is 24.6 Å². The van der Waals surface area contributed by atoms with Crippen molar-refractivity contribution in [1.29, 1.82) is 0 Å². The predicted octanol–water partition coefficient (Wildman–Crippen LogP) is 4.13. The molecule has 0 aliphatic heterocycles. The van der Waals surface area contributed by atoms with E-state index >= 15 is 0 Å². The van der Waals surface area contributed by atoms with Crippen LogP contribution < -0.4 is 10.3 Å². The van der Waals surface area contributed by atoms with Crippen LogP contribution in [0.2, 0.25) is 0 Å². The van der Waals surface area contributed by atoms with E-state index in [1.54, 1.807) is 19.2 Å². The maximum absolute atomic E-state index is 12.2. The predicted molar refractivity (Wildman–Crippen MR) is 109 cm³/mol. The standard InChI is InChI=1S/C19H16Br2N2O4/c1-26-13-5-2-11(3-6-13)4-7-17(24)27-10-16-22-18-14(19(25)23-16)8-12(20)9-15(18)21/h2-3,5-6,8-9H,4,7,10H2,1H3,(H,22,23,25). The molecule has 8 heteroatoms. The number of carbonyl (C=O) groups excluding carboxylic acids is 1. The number of hydrogen-bond acceptors (Lipinski definition) is 5. The van der Waals surface area contributed by atoms with Gasteiger partial charge >= 0.3 is 5.97 Å². The highest BCUT2D eigenvalue weighted by Crippen LogP contribution is 2.25. The van der Waals surface area contributed by atoms with Gasteiger partial charge in [-0.25, -0.2) is 4.98 Å². The Hall–Kier alpha value is -2.19. The summed E-state index contributed by atoms with van der Waals surface area (Å²) in [4.78, 5) is 31.2. The fraction of sp³-hybridized carbons (Fsp3) is 0.211. The summed E-state index contributed by atoms with van der Waals surface area (Å²) in [6.07, 6.45) is 0.796. The summed E-state index contributed by atoms with van der Waals surface area (Å²) in [5, 5.41) is 0.450. The second-order valence-electron chi connectivity index (χ2n) is 5.81. The topological polar surface area (TPSA) is 81.3 Å². The molecule has 3 aromatic rings. The SMILES string of the molecule is COc1ccc(CCC(=O)OCc2nc3c(Br)cc(Br)cc3c(=O)[nH]2)cc1. The van der Waals surface area contributed by atoms with E-state index in [1.165, 1.54) is 0 Å². The van der Waals surface area contributed by atoms with Crippen molar-refractivity contribution in [3.63, 3.8) is 0 Å². The highest BCUT2D eigenvalue weighted by molar-refractivity contribution is 9.11. The van der Waals surface area contributed by atoms with Gasteiger partial charge in [0.05, 0.1) is 18.0 Å². The Bertz CT molecular complexity index is 1030. The molecule has 0 radical (unpaired) electrons. The molecule has 0 fully saturated rings. The number of rotatable bonds is 6. The van der Waals surface area contributed by atoms with Crippen molar-refractivity contribution < 1.29 is 14.3 Å². The largest absolute Gasteiger partial charge is 0.497 e. The number of halogens is 2. The number of hydrogen-bond donors (Lipinski definition) is 1. The number of aromatic amines is 1. The van der Waals surface area contributed by atoms with Crippen LogP contribution in [0.15, 0.2) is 50.1 Å². The van der Waals surface area contributed by atoms with E-state index in [9.17, 15) is 9.59 Å². The van der Waals surface area contributed by atoms with Gasteiger partial charge in [-0.2, -0.15) is 0 Å². The number of benzene rings is 2. The minimum atomic E-state index is -0.358. The molecule has 0 saturated heterocycles. The van der Waals surface area contributed by atoms with Crippen molar-refractivity contribution in [3.05, 3.63) is 67.1 Å². The molecule has 3 rings (SSSR count). The van der Waals surface area contributed by atoms with Crippen LogP contribution in [0.5, 0.6) is 5.75 Å². The van der Waals surface area contributed by atoms with Gasteiger partial charge in [0.2, 0.25) is 0 Å². The third-order valence-corrected chi connectivity index (χ3v) is 4.99. The summed E-state index contributed by atoms with van der Waals surface area (Å²) in [5.74, 6) is 0.711. The Morgan fingerprint density at radius 3 is 2.63 bits per heavy atom. The molecule has 1 heterocycles. The van der Waals surface area contributed by atoms with Crippen molar-refractivity contribution in [2.45, 2.75) is 19.4 Å². The maximum atomic E-state index is 12.2. The number of nitrogens with one attached hydrogen (secondary N) is 1. The van der Waals surface area contributed by atoms with Gasteiger partial charge < -0.3 is 14.5 Å². The number of nitrogens with zero attached hydrogens (tertiary/aromatic N) is 1. The molecular formula is C19H16Br2N2O4. The third-order valence-electron chi connectivity index (χ3n) is 3.92. The van der Waals surface area contributed by atoms with E-state index in [0.717, 1.165) is 15.8 Å². The van der Waals surface area contributed by atoms with Crippen molar-refractivity contribution in [3.8, 4) is 5.75 Å². The average molecular weight is 496 g/mol. The average Bonchev–Trinajstić information content (AvgIpc) is 2.66. The molecule has 0 saturated carbocycles. The monoisotopic (exact) mass is 494 g/mol. The lowest BCUT2D eigenvalue weighted by Gasteiger charge is -2.07. The lowest BCUT2D eigenvalue weighted by Crippen LogP contribution is -2.15. The zero-order valence-electron chi connectivity index (χ0n) is 14.4. The van der Waals surface area contributed by atoms with Gasteiger partial charge in [-0.3, -0.25) is 9.59 Å². The summed E-state index contributed by atoms with van der Waals surface area (Å²) >= 11 is 6.74. The number of H-pyrrole nitrogens is 1. The first kappa shape index (κ1) is 19.6. The van der Waals surface area contributed by atoms with Gasteiger partial charge in [-0.05, 0) is 52.2 Å². The van der Waals surface area contributed by atoms with Gasteiger partial charge in [0.1, 0.15) is 18.2 Å². The molecule has 27 heavy (non-hydrogen) atoms. The number of aryl methyl sites for hydroxylation is 1. The summed E-state index contributed by atoms with van der Waals surface area (Å²) in [7, 11) is 1.61. The number of methoxy groups -OCH3 is 1. The molecule has 0 amide bonds. The molecule has 6 nitrogen and oxygen atoms in total. The Morgan fingerprint density at radius 1 is 1.19 bits per heavy atom. The first-order valence-corrected chi connectivity index (χ1v) is 9.71. The van der Waals surface area contributed by atoms with E-state index in [2.05, 4.69) is 41.8 Å². The molecule has 2 aromatic carbocycles. The summed E-state index contributed by atoms with van der Waals surface area (Å²) in [6, 6.07) is 11.0. The van der Waals surface area contributed by atoms with Crippen LogP contribution in [0.3, 0.4) is 0 Å². The van der Waals surface area contributed by atoms with E-state index in [0.29, 0.717) is 27.6 Å². The Labute approximate surface area is 172 Å². The first-order valence-electron chi connectivity index (χ1n) is 8.13. The number of aromatic nitrogens is 2. The van der Waals surface area contributed by atoms with Crippen LogP contribution >= 0.6 is 31.9 Å². The molecule has 0 bridgehead atoms. The molecule has 0 unspecified atom stereocenters. The summed E-state index contributed by atoms with van der Waals surface area (Å²) in [6.45, 7) is -0.0882. The minimum absolute atomic E-state index is 0.0882. The van der Waals surface area contributed by atoms with Crippen LogP contribution in [0.1, 0.15) is 17.8 Å². The van der Waals surface area contributed by atoms with Crippen LogP contribution in [-0.2, 0) is 22.6 Å². The molecule has 1 N–H and O–H groups in total. The van der Waals surface area contributed by atoms with Crippen LogP contribution in [-0.4, -0.2) is 23.0 Å². The fourth-order valence-corrected chi connectivity index (χ4v) is 3.86. The highest BCUT2D eigenvalue weighted by Gasteiger charge is 2.11. The zero-order chi connectivity index (χ0) is 19.4. The van der Waals surface area contributed by atoms with E-state index in [4.69, 9.17) is 9.47 Å². The second-order valence-corrected chi connectivity index (χ2v) is 7.58. The van der Waals surface area contributed by atoms with Gasteiger partial charge in [0.15, 0.2) is 0 Å². The van der Waals surface area contributed by atoms with E-state index < -0.39 is 0 Å². The van der Waals surface area contributed by atoms with Crippen LogP contribution in [0.25, 0.3) is 10.9 Å². The number of carbonyl (C=O) groups is 1. The van der Waals surface area contributed by atoms with Crippen molar-refractivity contribution in [2.24, 2.45) is 0 Å². The van der Waals surface area contributed by atoms with Gasteiger partial charge in [0.25, 0.3) is 5.56 Å². The fourth-order valence-electron chi connectivity index (χ4n) is 2.54. The Morgan fingerprint density at radius 2 is 1.93 bits per heavy atom. The lowest BCUT2D eigenvalue weighted by molar-refractivity contribution is -0.145. The van der Waals surface area contributed by atoms with Crippen molar-refractivity contribution in [2.75, 3.05) is 7.11 Å². The first-order chi connectivity index (χ1) is 13.0. The quantitative estimate of drug-likeness (QED) is 0.520. The van der Waals surface area contributed by atoms with Gasteiger partial charge in [-0.15, -0.1) is 0 Å².